The highest BCUT2D eigenvalue weighted by molar-refractivity contribution is 5.33. The molecule has 1 saturated carbocycles. The van der Waals surface area contributed by atoms with E-state index in [-0.39, 0.29) is 6.10 Å². The summed E-state index contributed by atoms with van der Waals surface area (Å²) in [6.07, 6.45) is 8.54. The average Bonchev–Trinajstić information content (AvgIpc) is 2.47. The first-order chi connectivity index (χ1) is 9.25. The molecule has 1 nitrogen and oxygen atoms in total. The van der Waals surface area contributed by atoms with Gasteiger partial charge in [0.2, 0.25) is 0 Å². The first-order valence-corrected chi connectivity index (χ1v) is 8.01. The van der Waals surface area contributed by atoms with Crippen LogP contribution in [0.5, 0.6) is 0 Å². The first-order valence-electron chi connectivity index (χ1n) is 8.01. The van der Waals surface area contributed by atoms with Crippen molar-refractivity contribution in [2.45, 2.75) is 63.9 Å². The number of aryl methyl sites for hydroxylation is 1. The van der Waals surface area contributed by atoms with Crippen LogP contribution >= 0.6 is 0 Å². The van der Waals surface area contributed by atoms with Gasteiger partial charge in [0.15, 0.2) is 0 Å². The fraction of sp³-hybridized carbons (Fsp3) is 0.667. The highest BCUT2D eigenvalue weighted by Crippen LogP contribution is 2.40. The second kappa shape index (κ2) is 5.66. The van der Waals surface area contributed by atoms with Crippen LogP contribution < -0.4 is 0 Å². The summed E-state index contributed by atoms with van der Waals surface area (Å²) >= 11 is 0. The molecule has 1 heteroatoms. The molecule has 0 saturated heterocycles. The fourth-order valence-electron chi connectivity index (χ4n) is 4.10. The standard InChI is InChI=1S/C18H26O/c1-13-9-11-15(12-10-13)18(19)17-8-4-6-14-5-2-3-7-16(14)17/h2-3,5,7,13,15,17-19H,4,6,8-12H2,1H3. The summed E-state index contributed by atoms with van der Waals surface area (Å²) in [6.45, 7) is 2.35. The van der Waals surface area contributed by atoms with E-state index in [2.05, 4.69) is 31.2 Å². The molecule has 0 heterocycles. The van der Waals surface area contributed by atoms with Crippen molar-refractivity contribution in [3.63, 3.8) is 0 Å². The van der Waals surface area contributed by atoms with E-state index in [1.807, 2.05) is 0 Å². The lowest BCUT2D eigenvalue weighted by molar-refractivity contribution is 0.0478. The number of hydrogen-bond acceptors (Lipinski definition) is 1. The minimum absolute atomic E-state index is 0.117. The summed E-state index contributed by atoms with van der Waals surface area (Å²) in [7, 11) is 0. The Morgan fingerprint density at radius 1 is 1.05 bits per heavy atom. The minimum atomic E-state index is -0.117. The molecule has 0 radical (unpaired) electrons. The van der Waals surface area contributed by atoms with Crippen molar-refractivity contribution in [2.75, 3.05) is 0 Å². The third kappa shape index (κ3) is 2.72. The molecule has 0 amide bonds. The van der Waals surface area contributed by atoms with Crippen molar-refractivity contribution in [3.05, 3.63) is 35.4 Å². The van der Waals surface area contributed by atoms with Crippen LogP contribution in [0, 0.1) is 11.8 Å². The van der Waals surface area contributed by atoms with Gasteiger partial charge in [0.25, 0.3) is 0 Å². The third-order valence-corrected chi connectivity index (χ3v) is 5.37. The Morgan fingerprint density at radius 2 is 1.79 bits per heavy atom. The van der Waals surface area contributed by atoms with E-state index >= 15 is 0 Å². The van der Waals surface area contributed by atoms with Gasteiger partial charge in [-0.1, -0.05) is 44.0 Å². The van der Waals surface area contributed by atoms with Crippen LogP contribution in [-0.2, 0) is 6.42 Å². The second-order valence-corrected chi connectivity index (χ2v) is 6.71. The van der Waals surface area contributed by atoms with Crippen LogP contribution in [-0.4, -0.2) is 11.2 Å². The van der Waals surface area contributed by atoms with Crippen LogP contribution in [0.4, 0.5) is 0 Å². The maximum Gasteiger partial charge on any atom is 0.0636 e. The molecule has 0 bridgehead atoms. The summed E-state index contributed by atoms with van der Waals surface area (Å²) in [6, 6.07) is 8.76. The normalized spacial score (nSPS) is 32.6. The molecule has 2 atom stereocenters. The van der Waals surface area contributed by atoms with E-state index in [0.29, 0.717) is 11.8 Å². The summed E-state index contributed by atoms with van der Waals surface area (Å²) in [4.78, 5) is 0. The quantitative estimate of drug-likeness (QED) is 0.839. The van der Waals surface area contributed by atoms with E-state index in [4.69, 9.17) is 0 Å². The van der Waals surface area contributed by atoms with Gasteiger partial charge in [-0.25, -0.2) is 0 Å². The molecule has 0 spiro atoms. The van der Waals surface area contributed by atoms with Gasteiger partial charge in [0.1, 0.15) is 0 Å². The van der Waals surface area contributed by atoms with Crippen LogP contribution in [0.15, 0.2) is 24.3 Å². The number of fused-ring (bicyclic) bond motifs is 1. The number of benzene rings is 1. The van der Waals surface area contributed by atoms with Crippen molar-refractivity contribution >= 4 is 0 Å². The summed E-state index contributed by atoms with van der Waals surface area (Å²) in [5.41, 5.74) is 2.90. The molecule has 19 heavy (non-hydrogen) atoms. The molecule has 3 rings (SSSR count). The summed E-state index contributed by atoms with van der Waals surface area (Å²) in [5.74, 6) is 1.79. The molecule has 1 N–H and O–H groups in total. The lowest BCUT2D eigenvalue weighted by Crippen LogP contribution is -2.32. The zero-order chi connectivity index (χ0) is 13.2. The molecule has 1 aromatic rings. The van der Waals surface area contributed by atoms with E-state index in [0.717, 1.165) is 5.92 Å². The van der Waals surface area contributed by atoms with Gasteiger partial charge in [-0.15, -0.1) is 0 Å². The van der Waals surface area contributed by atoms with Crippen molar-refractivity contribution in [1.29, 1.82) is 0 Å². The van der Waals surface area contributed by atoms with Crippen molar-refractivity contribution in [3.8, 4) is 0 Å². The van der Waals surface area contributed by atoms with E-state index in [1.165, 1.54) is 56.1 Å². The predicted molar refractivity (Wildman–Crippen MR) is 79.2 cm³/mol. The van der Waals surface area contributed by atoms with Gasteiger partial charge in [0.05, 0.1) is 6.10 Å². The second-order valence-electron chi connectivity index (χ2n) is 6.71. The number of aliphatic hydroxyl groups is 1. The molecular weight excluding hydrogens is 232 g/mol. The monoisotopic (exact) mass is 258 g/mol. The van der Waals surface area contributed by atoms with Crippen LogP contribution in [0.3, 0.4) is 0 Å². The molecule has 1 fully saturated rings. The van der Waals surface area contributed by atoms with Gasteiger partial charge < -0.3 is 5.11 Å². The van der Waals surface area contributed by atoms with E-state index in [9.17, 15) is 5.11 Å². The van der Waals surface area contributed by atoms with Crippen LogP contribution in [0.2, 0.25) is 0 Å². The topological polar surface area (TPSA) is 20.2 Å². The summed E-state index contributed by atoms with van der Waals surface area (Å²) in [5, 5.41) is 10.8. The molecule has 0 aromatic heterocycles. The Hall–Kier alpha value is -0.820. The Morgan fingerprint density at radius 3 is 2.58 bits per heavy atom. The Balaban J connectivity index is 1.75. The SMILES string of the molecule is CC1CCC(C(O)C2CCCc3ccccc32)CC1. The highest BCUT2D eigenvalue weighted by Gasteiger charge is 2.33. The zero-order valence-electron chi connectivity index (χ0n) is 12.0. The van der Waals surface area contributed by atoms with Crippen molar-refractivity contribution in [2.24, 2.45) is 11.8 Å². The Labute approximate surface area is 117 Å². The Bertz CT molecular complexity index is 417. The highest BCUT2D eigenvalue weighted by atomic mass is 16.3. The number of rotatable bonds is 2. The molecule has 2 aliphatic carbocycles. The molecule has 2 aliphatic rings. The maximum atomic E-state index is 10.8. The zero-order valence-corrected chi connectivity index (χ0v) is 12.0. The van der Waals surface area contributed by atoms with Gasteiger partial charge in [-0.3, -0.25) is 0 Å². The minimum Gasteiger partial charge on any atom is -0.392 e. The van der Waals surface area contributed by atoms with Gasteiger partial charge in [-0.05, 0) is 55.1 Å². The molecule has 0 aliphatic heterocycles. The largest absolute Gasteiger partial charge is 0.392 e. The molecule has 104 valence electrons. The smallest absolute Gasteiger partial charge is 0.0636 e. The number of aliphatic hydroxyl groups excluding tert-OH is 1. The lowest BCUT2D eigenvalue weighted by Gasteiger charge is -2.37. The predicted octanol–water partition coefficient (Wildman–Crippen LogP) is 4.29. The van der Waals surface area contributed by atoms with Crippen LogP contribution in [0.1, 0.15) is 62.5 Å². The average molecular weight is 258 g/mol. The van der Waals surface area contributed by atoms with Gasteiger partial charge >= 0.3 is 0 Å². The molecule has 2 unspecified atom stereocenters. The summed E-state index contributed by atoms with van der Waals surface area (Å²) < 4.78 is 0. The fourth-order valence-corrected chi connectivity index (χ4v) is 4.10. The van der Waals surface area contributed by atoms with E-state index < -0.39 is 0 Å². The lowest BCUT2D eigenvalue weighted by atomic mass is 9.71. The van der Waals surface area contributed by atoms with Crippen LogP contribution in [0.25, 0.3) is 0 Å². The number of hydrogen-bond donors (Lipinski definition) is 1. The Kier molecular flexibility index (Phi) is 3.93. The molecular formula is C18H26O. The first kappa shape index (κ1) is 13.2. The third-order valence-electron chi connectivity index (χ3n) is 5.37. The van der Waals surface area contributed by atoms with Gasteiger partial charge in [-0.2, -0.15) is 0 Å². The van der Waals surface area contributed by atoms with Gasteiger partial charge in [0, 0.05) is 5.92 Å². The van der Waals surface area contributed by atoms with Crippen molar-refractivity contribution in [1.82, 2.24) is 0 Å². The maximum absolute atomic E-state index is 10.8. The van der Waals surface area contributed by atoms with Crippen molar-refractivity contribution < 1.29 is 5.11 Å². The molecule has 1 aromatic carbocycles. The van der Waals surface area contributed by atoms with E-state index in [1.54, 1.807) is 0 Å².